The quantitative estimate of drug-likeness (QED) is 0.0574. The summed E-state index contributed by atoms with van der Waals surface area (Å²) in [6, 6.07) is 0. The summed E-state index contributed by atoms with van der Waals surface area (Å²) < 4.78 is 47.6. The molecule has 5 aliphatic carbocycles. The van der Waals surface area contributed by atoms with Crippen LogP contribution in [0.4, 0.5) is 0 Å². The van der Waals surface area contributed by atoms with Gasteiger partial charge in [0.05, 0.1) is 31.3 Å². The molecule has 28 unspecified atom stereocenters. The lowest BCUT2D eigenvalue weighted by Gasteiger charge is -2.71. The van der Waals surface area contributed by atoms with Gasteiger partial charge in [0, 0.05) is 0 Å². The number of ether oxygens (including phenoxy) is 8. The van der Waals surface area contributed by atoms with Crippen molar-refractivity contribution in [3.05, 3.63) is 11.6 Å². The van der Waals surface area contributed by atoms with Crippen molar-refractivity contribution < 1.29 is 119 Å². The minimum Gasteiger partial charge on any atom is -0.479 e. The van der Waals surface area contributed by atoms with Crippen LogP contribution in [0, 0.1) is 50.2 Å². The summed E-state index contributed by atoms with van der Waals surface area (Å²) >= 11 is 0. The monoisotopic (exact) mass is 1120 g/mol. The number of carbonyl (C=O) groups is 2. The maximum absolute atomic E-state index is 14.8. The number of hydrogen-bond donors (Lipinski definition) is 14. The van der Waals surface area contributed by atoms with Gasteiger partial charge in [0.2, 0.25) is 6.29 Å². The smallest absolute Gasteiger partial charge is 0.335 e. The van der Waals surface area contributed by atoms with Gasteiger partial charge in [-0.25, -0.2) is 4.79 Å². The molecule has 0 amide bonds. The highest BCUT2D eigenvalue weighted by molar-refractivity contribution is 5.79. The first-order chi connectivity index (χ1) is 36.5. The number of allylic oxidation sites excluding steroid dienone is 2. The van der Waals surface area contributed by atoms with Crippen molar-refractivity contribution in [1.82, 2.24) is 0 Å². The first-order valence-corrected chi connectivity index (χ1v) is 27.8. The molecule has 24 nitrogen and oxygen atoms in total. The number of rotatable bonds is 12. The number of carbonyl (C=O) groups excluding carboxylic acids is 1. The number of aliphatic hydroxyl groups is 13. The highest BCUT2D eigenvalue weighted by atomic mass is 16.8. The molecule has 9 aliphatic rings. The lowest BCUT2D eigenvalue weighted by Crippen LogP contribution is -2.68. The molecular formula is C54H86O24. The average Bonchev–Trinajstić information content (AvgIpc) is 3.47. The van der Waals surface area contributed by atoms with Gasteiger partial charge in [-0.05, 0) is 109 Å². The summed E-state index contributed by atoms with van der Waals surface area (Å²) in [5.41, 5.74) is -1.44. The molecule has 4 saturated heterocycles. The van der Waals surface area contributed by atoms with Gasteiger partial charge in [-0.1, -0.05) is 60.1 Å². The summed E-state index contributed by atoms with van der Waals surface area (Å²) in [5.74, 6) is -2.27. The fourth-order valence-electron chi connectivity index (χ4n) is 16.5. The van der Waals surface area contributed by atoms with E-state index in [0.717, 1.165) is 19.3 Å². The van der Waals surface area contributed by atoms with Crippen molar-refractivity contribution in [2.75, 3.05) is 19.8 Å². The number of aliphatic carboxylic acids is 1. The molecule has 24 heteroatoms. The van der Waals surface area contributed by atoms with Crippen LogP contribution < -0.4 is 0 Å². The summed E-state index contributed by atoms with van der Waals surface area (Å²) in [6.45, 7) is 13.2. The van der Waals surface area contributed by atoms with Gasteiger partial charge >= 0.3 is 11.9 Å². The molecule has 0 radical (unpaired) electrons. The molecule has 9 rings (SSSR count). The normalized spacial score (nSPS) is 52.8. The van der Waals surface area contributed by atoms with Gasteiger partial charge < -0.3 is 109 Å². The zero-order valence-corrected chi connectivity index (χ0v) is 45.5. The van der Waals surface area contributed by atoms with Crippen molar-refractivity contribution in [2.45, 2.75) is 242 Å². The minimum atomic E-state index is -2.10. The lowest BCUT2D eigenvalue weighted by molar-refractivity contribution is -0.389. The standard InChI is InChI=1S/C54H86O24/c1-49(2)14-16-54(48(70)78-46-38(66)35(63)32(60)26(21-57)73-46)17-15-52(6)22(23(54)18-49)8-9-28-51(5)12-11-29(50(3,4)27(51)10-13-53(28,52)7)74-47-39(67)40(75-44-36(64)33(61)30(58)24(19-55)71-44)41(42(77-47)43(68)69)76-45-37(65)34(62)31(59)25(20-56)72-45/h8,23-42,44-47,55-67H,9-21H2,1-7H3,(H,68,69). The zero-order valence-electron chi connectivity index (χ0n) is 45.5. The number of carboxylic acid groups (broad SMARTS) is 1. The third-order valence-corrected chi connectivity index (χ3v) is 21.4. The highest BCUT2D eigenvalue weighted by Gasteiger charge is 2.70. The van der Waals surface area contributed by atoms with Crippen LogP contribution in [0.2, 0.25) is 0 Å². The van der Waals surface area contributed by atoms with Crippen molar-refractivity contribution >= 4 is 11.9 Å². The van der Waals surface area contributed by atoms with Gasteiger partial charge in [-0.15, -0.1) is 0 Å². The molecule has 0 aromatic rings. The molecule has 4 aliphatic heterocycles. The molecule has 8 fully saturated rings. The predicted molar refractivity (Wildman–Crippen MR) is 263 cm³/mol. The molecule has 0 bridgehead atoms. The Morgan fingerprint density at radius 1 is 0.551 bits per heavy atom. The lowest BCUT2D eigenvalue weighted by atomic mass is 9.33. The number of esters is 1. The molecule has 28 atom stereocenters. The first kappa shape index (κ1) is 60.5. The van der Waals surface area contributed by atoms with Crippen LogP contribution in [0.1, 0.15) is 113 Å². The second-order valence-corrected chi connectivity index (χ2v) is 26.3. The molecular weight excluding hydrogens is 1030 g/mol. The topological polar surface area (TPSA) is 391 Å². The summed E-state index contributed by atoms with van der Waals surface area (Å²) in [6.07, 6.45) is -28.0. The fraction of sp³-hybridized carbons (Fsp3) is 0.926. The largest absolute Gasteiger partial charge is 0.479 e. The maximum atomic E-state index is 14.8. The van der Waals surface area contributed by atoms with Crippen molar-refractivity contribution in [3.8, 4) is 0 Å². The summed E-state index contributed by atoms with van der Waals surface area (Å²) in [4.78, 5) is 28.0. The molecule has 14 N–H and O–H groups in total. The average molecular weight is 1120 g/mol. The van der Waals surface area contributed by atoms with Crippen LogP contribution in [0.5, 0.6) is 0 Å². The van der Waals surface area contributed by atoms with Crippen LogP contribution >= 0.6 is 0 Å². The second-order valence-electron chi connectivity index (χ2n) is 26.3. The van der Waals surface area contributed by atoms with Gasteiger partial charge in [0.15, 0.2) is 25.0 Å². The van der Waals surface area contributed by atoms with E-state index in [2.05, 4.69) is 54.5 Å². The Kier molecular flexibility index (Phi) is 16.9. The Balaban J connectivity index is 0.975. The van der Waals surface area contributed by atoms with E-state index < -0.39 is 172 Å². The molecule has 0 aromatic carbocycles. The van der Waals surface area contributed by atoms with Crippen LogP contribution in [0.3, 0.4) is 0 Å². The third-order valence-electron chi connectivity index (χ3n) is 21.4. The van der Waals surface area contributed by atoms with Crippen molar-refractivity contribution in [2.24, 2.45) is 50.2 Å². The van der Waals surface area contributed by atoms with Gasteiger partial charge in [0.1, 0.15) is 91.6 Å². The van der Waals surface area contributed by atoms with E-state index >= 15 is 0 Å². The van der Waals surface area contributed by atoms with E-state index in [1.54, 1.807) is 0 Å². The van der Waals surface area contributed by atoms with Crippen molar-refractivity contribution in [3.63, 3.8) is 0 Å². The maximum Gasteiger partial charge on any atom is 0.335 e. The Bertz CT molecular complexity index is 2190. The van der Waals surface area contributed by atoms with Gasteiger partial charge in [0.25, 0.3) is 0 Å². The van der Waals surface area contributed by atoms with E-state index in [9.17, 15) is 81.1 Å². The number of hydrogen-bond acceptors (Lipinski definition) is 23. The van der Waals surface area contributed by atoms with E-state index in [-0.39, 0.29) is 39.4 Å². The van der Waals surface area contributed by atoms with Crippen LogP contribution in [0.15, 0.2) is 11.6 Å². The number of fused-ring (bicyclic) bond motifs is 7. The molecule has 0 aromatic heterocycles. The Morgan fingerprint density at radius 3 is 1.59 bits per heavy atom. The Labute approximate surface area is 453 Å². The van der Waals surface area contributed by atoms with E-state index in [1.807, 2.05) is 0 Å². The first-order valence-electron chi connectivity index (χ1n) is 27.8. The highest BCUT2D eigenvalue weighted by Crippen LogP contribution is 2.76. The van der Waals surface area contributed by atoms with Crippen LogP contribution in [-0.2, 0) is 47.5 Å². The third kappa shape index (κ3) is 9.72. The minimum absolute atomic E-state index is 0.00428. The number of aliphatic hydroxyl groups excluding tert-OH is 13. The SMILES string of the molecule is CC1(C)CCC2(C(=O)OC3OC(CO)C(O)C(O)C3O)CCC3(C)C(=CCC4C5(C)CCC(OC6OC(C(=O)O)C(OC7OC(CO)C(O)C(O)C7O)C(OC7OC(CO)C(O)C(O)C7O)C6O)C(C)(C)C5CCC43C)C2C1. The van der Waals surface area contributed by atoms with Crippen molar-refractivity contribution in [1.29, 1.82) is 0 Å². The molecule has 446 valence electrons. The summed E-state index contributed by atoms with van der Waals surface area (Å²) in [7, 11) is 0. The Morgan fingerprint density at radius 2 is 1.05 bits per heavy atom. The molecule has 78 heavy (non-hydrogen) atoms. The van der Waals surface area contributed by atoms with Crippen LogP contribution in [0.25, 0.3) is 0 Å². The van der Waals surface area contributed by atoms with Gasteiger partial charge in [-0.2, -0.15) is 0 Å². The fourth-order valence-corrected chi connectivity index (χ4v) is 16.5. The Hall–Kier alpha value is -2.12. The number of carboxylic acids is 1. The molecule has 4 saturated carbocycles. The van der Waals surface area contributed by atoms with Crippen LogP contribution in [-0.4, -0.2) is 232 Å². The molecule has 0 spiro atoms. The summed E-state index contributed by atoms with van der Waals surface area (Å²) in [5, 5.41) is 149. The predicted octanol–water partition coefficient (Wildman–Crippen LogP) is -1.94. The van der Waals surface area contributed by atoms with E-state index in [4.69, 9.17) is 37.9 Å². The zero-order chi connectivity index (χ0) is 57.1. The van der Waals surface area contributed by atoms with E-state index in [1.165, 1.54) is 5.57 Å². The van der Waals surface area contributed by atoms with Gasteiger partial charge in [-0.3, -0.25) is 4.79 Å². The molecule has 4 heterocycles. The van der Waals surface area contributed by atoms with E-state index in [0.29, 0.717) is 44.9 Å². The second kappa shape index (κ2) is 21.8.